The fourth-order valence-corrected chi connectivity index (χ4v) is 3.42. The molecule has 0 saturated carbocycles. The highest BCUT2D eigenvalue weighted by atomic mass is 16.7. The third kappa shape index (κ3) is 5.65. The average Bonchev–Trinajstić information content (AvgIpc) is 3.20. The van der Waals surface area contributed by atoms with Crippen LogP contribution >= 0.6 is 0 Å². The van der Waals surface area contributed by atoms with Gasteiger partial charge in [-0.05, 0) is 48.2 Å². The molecule has 0 radical (unpaired) electrons. The Morgan fingerprint density at radius 1 is 1.03 bits per heavy atom. The van der Waals surface area contributed by atoms with Crippen molar-refractivity contribution in [1.82, 2.24) is 4.90 Å². The van der Waals surface area contributed by atoms with Crippen LogP contribution in [0.25, 0.3) is 0 Å². The number of hydrogen-bond donors (Lipinski definition) is 1. The maximum absolute atomic E-state index is 10.5. The predicted molar refractivity (Wildman–Crippen MR) is 112 cm³/mol. The van der Waals surface area contributed by atoms with Crippen molar-refractivity contribution >= 4 is 0 Å². The Labute approximate surface area is 172 Å². The molecule has 6 heteroatoms. The van der Waals surface area contributed by atoms with Crippen molar-refractivity contribution in [2.24, 2.45) is 0 Å². The van der Waals surface area contributed by atoms with Gasteiger partial charge in [0.05, 0.1) is 20.3 Å². The Morgan fingerprint density at radius 3 is 2.45 bits per heavy atom. The van der Waals surface area contributed by atoms with Gasteiger partial charge in [0.2, 0.25) is 6.79 Å². The first-order valence-electron chi connectivity index (χ1n) is 9.73. The molecule has 6 nitrogen and oxygen atoms in total. The van der Waals surface area contributed by atoms with Gasteiger partial charge < -0.3 is 24.1 Å². The second-order valence-corrected chi connectivity index (χ2v) is 7.07. The van der Waals surface area contributed by atoms with Crippen molar-refractivity contribution in [2.45, 2.75) is 32.0 Å². The lowest BCUT2D eigenvalue weighted by molar-refractivity contribution is 0.0983. The molecule has 0 amide bonds. The van der Waals surface area contributed by atoms with E-state index in [1.54, 1.807) is 14.2 Å². The van der Waals surface area contributed by atoms with Crippen LogP contribution in [0.2, 0.25) is 0 Å². The predicted octanol–water partition coefficient (Wildman–Crippen LogP) is 3.76. The Bertz CT molecular complexity index is 823. The molecule has 3 rings (SSSR count). The van der Waals surface area contributed by atoms with Crippen molar-refractivity contribution < 1.29 is 24.1 Å². The summed E-state index contributed by atoms with van der Waals surface area (Å²) < 4.78 is 21.7. The van der Waals surface area contributed by atoms with Gasteiger partial charge in [-0.25, -0.2) is 0 Å². The summed E-state index contributed by atoms with van der Waals surface area (Å²) in [6.45, 7) is 5.89. The molecule has 0 aromatic heterocycles. The third-order valence-corrected chi connectivity index (χ3v) is 4.87. The third-order valence-electron chi connectivity index (χ3n) is 4.87. The zero-order valence-electron chi connectivity index (χ0n) is 17.1. The first-order valence-corrected chi connectivity index (χ1v) is 9.73. The molecule has 0 unspecified atom stereocenters. The van der Waals surface area contributed by atoms with Gasteiger partial charge in [-0.2, -0.15) is 0 Å². The number of rotatable bonds is 11. The molecular formula is C23H29NO5. The van der Waals surface area contributed by atoms with Gasteiger partial charge in [-0.3, -0.25) is 4.90 Å². The summed E-state index contributed by atoms with van der Waals surface area (Å²) in [4.78, 5) is 2.21. The molecule has 29 heavy (non-hydrogen) atoms. The lowest BCUT2D eigenvalue weighted by Gasteiger charge is -2.25. The van der Waals surface area contributed by atoms with Gasteiger partial charge in [-0.15, -0.1) is 6.58 Å². The molecule has 1 heterocycles. The van der Waals surface area contributed by atoms with Crippen LogP contribution in [0.15, 0.2) is 49.1 Å². The Balaban J connectivity index is 1.76. The molecule has 156 valence electrons. The van der Waals surface area contributed by atoms with E-state index in [1.165, 1.54) is 0 Å². The first-order chi connectivity index (χ1) is 14.1. The summed E-state index contributed by atoms with van der Waals surface area (Å²) in [5.74, 6) is 2.93. The van der Waals surface area contributed by atoms with Crippen LogP contribution in [0.5, 0.6) is 23.0 Å². The molecule has 0 saturated heterocycles. The molecule has 2 aromatic carbocycles. The van der Waals surface area contributed by atoms with E-state index in [9.17, 15) is 5.11 Å². The number of hydrogen-bond acceptors (Lipinski definition) is 6. The van der Waals surface area contributed by atoms with Gasteiger partial charge in [-0.1, -0.05) is 18.2 Å². The van der Waals surface area contributed by atoms with E-state index in [-0.39, 0.29) is 6.79 Å². The van der Waals surface area contributed by atoms with E-state index in [1.807, 2.05) is 42.5 Å². The molecule has 1 aliphatic heterocycles. The molecule has 1 aliphatic rings. The second kappa shape index (κ2) is 10.2. The van der Waals surface area contributed by atoms with Crippen molar-refractivity contribution in [3.63, 3.8) is 0 Å². The topological polar surface area (TPSA) is 60.4 Å². The summed E-state index contributed by atoms with van der Waals surface area (Å²) >= 11 is 0. The SMILES string of the molecule is C=CCC[C@@H](O)CN(Cc1ccc(OC)c(OC)c1)Cc1ccc2c(c1)OCO2. The summed E-state index contributed by atoms with van der Waals surface area (Å²) in [6, 6.07) is 11.9. The fourth-order valence-electron chi connectivity index (χ4n) is 3.42. The van der Waals surface area contributed by atoms with Crippen LogP contribution in [0.1, 0.15) is 24.0 Å². The zero-order chi connectivity index (χ0) is 20.6. The van der Waals surface area contributed by atoms with Crippen LogP contribution in [0, 0.1) is 0 Å². The molecule has 1 atom stereocenters. The lowest BCUT2D eigenvalue weighted by Crippen LogP contribution is -2.31. The molecule has 1 N–H and O–H groups in total. The zero-order valence-corrected chi connectivity index (χ0v) is 17.1. The number of ether oxygens (including phenoxy) is 4. The van der Waals surface area contributed by atoms with E-state index < -0.39 is 6.10 Å². The summed E-state index contributed by atoms with van der Waals surface area (Å²) in [5, 5.41) is 10.5. The van der Waals surface area contributed by atoms with Gasteiger partial charge >= 0.3 is 0 Å². The lowest BCUT2D eigenvalue weighted by atomic mass is 10.1. The smallest absolute Gasteiger partial charge is 0.231 e. The molecule has 0 aliphatic carbocycles. The van der Waals surface area contributed by atoms with Crippen LogP contribution in [0.4, 0.5) is 0 Å². The molecule has 2 aromatic rings. The van der Waals surface area contributed by atoms with Gasteiger partial charge in [0.15, 0.2) is 23.0 Å². The Morgan fingerprint density at radius 2 is 1.72 bits per heavy atom. The minimum atomic E-state index is -0.429. The maximum Gasteiger partial charge on any atom is 0.231 e. The molecule has 0 bridgehead atoms. The van der Waals surface area contributed by atoms with Crippen molar-refractivity contribution in [2.75, 3.05) is 27.6 Å². The van der Waals surface area contributed by atoms with Crippen LogP contribution in [-0.4, -0.2) is 43.7 Å². The monoisotopic (exact) mass is 399 g/mol. The van der Waals surface area contributed by atoms with E-state index in [0.29, 0.717) is 37.6 Å². The second-order valence-electron chi connectivity index (χ2n) is 7.07. The number of benzene rings is 2. The summed E-state index contributed by atoms with van der Waals surface area (Å²) in [6.07, 6.45) is 2.88. The van der Waals surface area contributed by atoms with Crippen molar-refractivity contribution in [3.05, 3.63) is 60.2 Å². The molecule has 0 spiro atoms. The number of aliphatic hydroxyl groups excluding tert-OH is 1. The maximum atomic E-state index is 10.5. The number of methoxy groups -OCH3 is 2. The van der Waals surface area contributed by atoms with E-state index in [2.05, 4.69) is 11.5 Å². The minimum Gasteiger partial charge on any atom is -0.493 e. The van der Waals surface area contributed by atoms with Gasteiger partial charge in [0.25, 0.3) is 0 Å². The van der Waals surface area contributed by atoms with Crippen LogP contribution in [-0.2, 0) is 13.1 Å². The summed E-state index contributed by atoms with van der Waals surface area (Å²) in [7, 11) is 3.25. The van der Waals surface area contributed by atoms with Crippen molar-refractivity contribution in [3.8, 4) is 23.0 Å². The first kappa shape index (κ1) is 21.0. The van der Waals surface area contributed by atoms with Gasteiger partial charge in [0.1, 0.15) is 0 Å². The van der Waals surface area contributed by atoms with Crippen LogP contribution in [0.3, 0.4) is 0 Å². The van der Waals surface area contributed by atoms with Crippen LogP contribution < -0.4 is 18.9 Å². The van der Waals surface area contributed by atoms with Gasteiger partial charge in [0, 0.05) is 19.6 Å². The molecular weight excluding hydrogens is 370 g/mol. The number of fused-ring (bicyclic) bond motifs is 1. The highest BCUT2D eigenvalue weighted by Gasteiger charge is 2.17. The number of aliphatic hydroxyl groups is 1. The summed E-state index contributed by atoms with van der Waals surface area (Å²) in [5.41, 5.74) is 2.19. The van der Waals surface area contributed by atoms with Crippen molar-refractivity contribution in [1.29, 1.82) is 0 Å². The minimum absolute atomic E-state index is 0.258. The quantitative estimate of drug-likeness (QED) is 0.581. The van der Waals surface area contributed by atoms with E-state index in [0.717, 1.165) is 29.0 Å². The highest BCUT2D eigenvalue weighted by molar-refractivity contribution is 5.45. The highest BCUT2D eigenvalue weighted by Crippen LogP contribution is 2.33. The number of allylic oxidation sites excluding steroid dienone is 1. The number of nitrogens with zero attached hydrogens (tertiary/aromatic N) is 1. The average molecular weight is 399 g/mol. The van der Waals surface area contributed by atoms with E-state index in [4.69, 9.17) is 18.9 Å². The Kier molecular flexibility index (Phi) is 7.38. The standard InChI is InChI=1S/C23H29NO5/c1-4-5-6-19(25)15-24(13-17-7-9-20(26-2)22(11-17)27-3)14-18-8-10-21-23(12-18)29-16-28-21/h4,7-12,19,25H,1,5-6,13-16H2,2-3H3/t19-/m1/s1. The van der Waals surface area contributed by atoms with E-state index >= 15 is 0 Å². The Hall–Kier alpha value is -2.70. The fraction of sp³-hybridized carbons (Fsp3) is 0.391. The largest absolute Gasteiger partial charge is 0.493 e. The normalized spacial score (nSPS) is 13.4. The molecule has 0 fully saturated rings.